The average molecular weight is 270 g/mol. The molecular weight excluding hydrogens is 252 g/mol. The molecule has 0 spiro atoms. The van der Waals surface area contributed by atoms with Gasteiger partial charge in [0.1, 0.15) is 18.1 Å². The van der Waals surface area contributed by atoms with Crippen LogP contribution in [0.1, 0.15) is 29.3 Å². The van der Waals surface area contributed by atoms with Crippen molar-refractivity contribution in [2.75, 3.05) is 7.11 Å². The molecule has 0 atom stereocenters. The van der Waals surface area contributed by atoms with Gasteiger partial charge >= 0.3 is 0 Å². The predicted molar refractivity (Wildman–Crippen MR) is 78.4 cm³/mol. The first-order chi connectivity index (χ1) is 9.74. The largest absolute Gasteiger partial charge is 0.497 e. The van der Waals surface area contributed by atoms with Crippen LogP contribution in [0.15, 0.2) is 48.5 Å². The quantitative estimate of drug-likeness (QED) is 0.747. The summed E-state index contributed by atoms with van der Waals surface area (Å²) in [5.74, 6) is 1.51. The Balaban J connectivity index is 2.12. The summed E-state index contributed by atoms with van der Waals surface area (Å²) in [5, 5.41) is 0. The molecule has 0 saturated carbocycles. The lowest BCUT2D eigenvalue weighted by molar-refractivity contribution is 0.0983. The molecule has 3 heteroatoms. The van der Waals surface area contributed by atoms with Crippen molar-refractivity contribution >= 4 is 5.78 Å². The van der Waals surface area contributed by atoms with Crippen LogP contribution in [0, 0.1) is 0 Å². The van der Waals surface area contributed by atoms with Gasteiger partial charge in [-0.25, -0.2) is 0 Å². The van der Waals surface area contributed by atoms with Crippen molar-refractivity contribution in [1.82, 2.24) is 0 Å². The smallest absolute Gasteiger partial charge is 0.166 e. The van der Waals surface area contributed by atoms with Gasteiger partial charge in [-0.05, 0) is 29.8 Å². The van der Waals surface area contributed by atoms with Crippen LogP contribution in [0.3, 0.4) is 0 Å². The van der Waals surface area contributed by atoms with Crippen LogP contribution >= 0.6 is 0 Å². The number of rotatable bonds is 6. The second kappa shape index (κ2) is 6.75. The van der Waals surface area contributed by atoms with E-state index < -0.39 is 0 Å². The van der Waals surface area contributed by atoms with Crippen LogP contribution in [0.2, 0.25) is 0 Å². The van der Waals surface area contributed by atoms with E-state index in [4.69, 9.17) is 9.47 Å². The summed E-state index contributed by atoms with van der Waals surface area (Å²) in [7, 11) is 1.63. The maximum Gasteiger partial charge on any atom is 0.166 e. The first-order valence-corrected chi connectivity index (χ1v) is 6.62. The van der Waals surface area contributed by atoms with Gasteiger partial charge in [0, 0.05) is 6.42 Å². The molecule has 0 aliphatic rings. The topological polar surface area (TPSA) is 35.5 Å². The number of ether oxygens (including phenoxy) is 2. The highest BCUT2D eigenvalue weighted by atomic mass is 16.5. The van der Waals surface area contributed by atoms with Gasteiger partial charge in [0.25, 0.3) is 0 Å². The lowest BCUT2D eigenvalue weighted by atomic mass is 10.1. The minimum atomic E-state index is 0.0891. The number of carbonyl (C=O) groups is 1. The summed E-state index contributed by atoms with van der Waals surface area (Å²) < 4.78 is 10.9. The van der Waals surface area contributed by atoms with E-state index in [0.717, 1.165) is 11.3 Å². The van der Waals surface area contributed by atoms with Gasteiger partial charge in [-0.15, -0.1) is 0 Å². The number of para-hydroxylation sites is 1. The Morgan fingerprint density at radius 1 is 1.10 bits per heavy atom. The summed E-state index contributed by atoms with van der Waals surface area (Å²) in [5.41, 5.74) is 1.64. The van der Waals surface area contributed by atoms with Gasteiger partial charge in [-0.3, -0.25) is 4.79 Å². The fourth-order valence-electron chi connectivity index (χ4n) is 1.94. The number of methoxy groups -OCH3 is 1. The van der Waals surface area contributed by atoms with E-state index in [1.54, 1.807) is 13.2 Å². The molecule has 0 unspecified atom stereocenters. The zero-order valence-corrected chi connectivity index (χ0v) is 11.8. The fourth-order valence-corrected chi connectivity index (χ4v) is 1.94. The first kappa shape index (κ1) is 14.1. The van der Waals surface area contributed by atoms with Crippen LogP contribution in [0.25, 0.3) is 0 Å². The molecule has 0 aromatic heterocycles. The zero-order valence-electron chi connectivity index (χ0n) is 11.8. The minimum absolute atomic E-state index is 0.0891. The third-order valence-corrected chi connectivity index (χ3v) is 3.04. The number of benzene rings is 2. The van der Waals surface area contributed by atoms with Crippen molar-refractivity contribution in [3.8, 4) is 11.5 Å². The zero-order chi connectivity index (χ0) is 14.4. The lowest BCUT2D eigenvalue weighted by Crippen LogP contribution is -2.03. The molecule has 2 rings (SSSR count). The number of Topliss-reactive ketones (excluding diaryl/α,β-unsaturated/α-hetero) is 1. The van der Waals surface area contributed by atoms with Crippen molar-refractivity contribution in [2.45, 2.75) is 20.0 Å². The van der Waals surface area contributed by atoms with E-state index in [1.165, 1.54) is 0 Å². The Hall–Kier alpha value is -2.29. The van der Waals surface area contributed by atoms with Gasteiger partial charge < -0.3 is 9.47 Å². The van der Waals surface area contributed by atoms with Crippen LogP contribution in [0.4, 0.5) is 0 Å². The van der Waals surface area contributed by atoms with Crippen LogP contribution < -0.4 is 9.47 Å². The third kappa shape index (κ3) is 3.38. The first-order valence-electron chi connectivity index (χ1n) is 6.62. The van der Waals surface area contributed by atoms with Gasteiger partial charge in [0.15, 0.2) is 5.78 Å². The fraction of sp³-hybridized carbons (Fsp3) is 0.235. The average Bonchev–Trinajstić information content (AvgIpc) is 2.52. The third-order valence-electron chi connectivity index (χ3n) is 3.04. The summed E-state index contributed by atoms with van der Waals surface area (Å²) >= 11 is 0. The Morgan fingerprint density at radius 2 is 1.90 bits per heavy atom. The molecule has 2 aromatic carbocycles. The van der Waals surface area contributed by atoms with Gasteiger partial charge in [-0.2, -0.15) is 0 Å². The molecule has 0 bridgehead atoms. The second-order valence-electron chi connectivity index (χ2n) is 4.41. The van der Waals surface area contributed by atoms with Gasteiger partial charge in [0.2, 0.25) is 0 Å². The Morgan fingerprint density at radius 3 is 2.65 bits per heavy atom. The number of hydrogen-bond acceptors (Lipinski definition) is 3. The maximum atomic E-state index is 11.8. The van der Waals surface area contributed by atoms with E-state index in [2.05, 4.69) is 0 Å². The highest BCUT2D eigenvalue weighted by molar-refractivity contribution is 5.98. The standard InChI is InChI=1S/C17H18O3/c1-3-16(18)15-9-4-5-10-17(15)20-12-13-7-6-8-14(11-13)19-2/h4-11H,3,12H2,1-2H3. The molecule has 0 N–H and O–H groups in total. The van der Waals surface area contributed by atoms with E-state index in [1.807, 2.05) is 49.4 Å². The molecule has 2 aromatic rings. The Kier molecular flexibility index (Phi) is 4.77. The predicted octanol–water partition coefficient (Wildman–Crippen LogP) is 3.87. The molecule has 0 amide bonds. The Bertz CT molecular complexity index is 590. The molecule has 0 heterocycles. The molecule has 104 valence electrons. The van der Waals surface area contributed by atoms with Crippen molar-refractivity contribution in [3.63, 3.8) is 0 Å². The summed E-state index contributed by atoms with van der Waals surface area (Å²) in [6.45, 7) is 2.26. The van der Waals surface area contributed by atoms with Crippen molar-refractivity contribution in [1.29, 1.82) is 0 Å². The van der Waals surface area contributed by atoms with Crippen molar-refractivity contribution in [2.24, 2.45) is 0 Å². The second-order valence-corrected chi connectivity index (χ2v) is 4.41. The molecule has 0 aliphatic heterocycles. The summed E-state index contributed by atoms with van der Waals surface area (Å²) in [6.07, 6.45) is 0.472. The SMILES string of the molecule is CCC(=O)c1ccccc1OCc1cccc(OC)c1. The van der Waals surface area contributed by atoms with Crippen LogP contribution in [0.5, 0.6) is 11.5 Å². The molecule has 20 heavy (non-hydrogen) atoms. The normalized spacial score (nSPS) is 10.1. The number of hydrogen-bond donors (Lipinski definition) is 0. The van der Waals surface area contributed by atoms with E-state index in [0.29, 0.717) is 24.3 Å². The highest BCUT2D eigenvalue weighted by Crippen LogP contribution is 2.21. The molecule has 0 aliphatic carbocycles. The highest BCUT2D eigenvalue weighted by Gasteiger charge is 2.10. The molecule has 0 fully saturated rings. The van der Waals surface area contributed by atoms with Crippen molar-refractivity contribution < 1.29 is 14.3 Å². The Labute approximate surface area is 119 Å². The van der Waals surface area contributed by atoms with Crippen LogP contribution in [-0.2, 0) is 6.61 Å². The van der Waals surface area contributed by atoms with E-state index in [9.17, 15) is 4.79 Å². The summed E-state index contributed by atoms with van der Waals surface area (Å²) in [6, 6.07) is 15.0. The molecule has 3 nitrogen and oxygen atoms in total. The van der Waals surface area contributed by atoms with Gasteiger partial charge in [-0.1, -0.05) is 31.2 Å². The van der Waals surface area contributed by atoms with E-state index >= 15 is 0 Å². The molecule has 0 saturated heterocycles. The lowest BCUT2D eigenvalue weighted by Gasteiger charge is -2.11. The monoisotopic (exact) mass is 270 g/mol. The maximum absolute atomic E-state index is 11.8. The van der Waals surface area contributed by atoms with Crippen molar-refractivity contribution in [3.05, 3.63) is 59.7 Å². The van der Waals surface area contributed by atoms with E-state index in [-0.39, 0.29) is 5.78 Å². The number of carbonyl (C=O) groups excluding carboxylic acids is 1. The van der Waals surface area contributed by atoms with Gasteiger partial charge in [0.05, 0.1) is 12.7 Å². The summed E-state index contributed by atoms with van der Waals surface area (Å²) in [4.78, 5) is 11.8. The minimum Gasteiger partial charge on any atom is -0.497 e. The number of ketones is 1. The molecule has 0 radical (unpaired) electrons. The van der Waals surface area contributed by atoms with Crippen LogP contribution in [-0.4, -0.2) is 12.9 Å². The molecular formula is C17H18O3.